The zero-order valence-corrected chi connectivity index (χ0v) is 12.0. The molecule has 4 heteroatoms. The Bertz CT molecular complexity index is 501. The highest BCUT2D eigenvalue weighted by molar-refractivity contribution is 5.98. The maximum Gasteiger partial charge on any atom is 0.196 e. The Morgan fingerprint density at radius 1 is 1.30 bits per heavy atom. The number of benzene rings is 1. The Labute approximate surface area is 119 Å². The molecule has 0 saturated heterocycles. The fraction of sp³-hybridized carbons (Fsp3) is 0.562. The molecule has 2 aliphatic rings. The van der Waals surface area contributed by atoms with Crippen LogP contribution in [0.15, 0.2) is 29.3 Å². The van der Waals surface area contributed by atoms with E-state index in [4.69, 9.17) is 5.73 Å². The van der Waals surface area contributed by atoms with Gasteiger partial charge < -0.3 is 10.6 Å². The molecule has 20 heavy (non-hydrogen) atoms. The minimum atomic E-state index is -0.216. The van der Waals surface area contributed by atoms with Gasteiger partial charge in [0, 0.05) is 5.69 Å². The number of aliphatic imine (C=N–C) groups is 1. The van der Waals surface area contributed by atoms with E-state index < -0.39 is 0 Å². The van der Waals surface area contributed by atoms with Gasteiger partial charge in [-0.25, -0.2) is 4.39 Å². The quantitative estimate of drug-likeness (QED) is 0.899. The molecule has 0 aromatic heterocycles. The van der Waals surface area contributed by atoms with Crippen LogP contribution in [-0.4, -0.2) is 18.0 Å². The van der Waals surface area contributed by atoms with Crippen LogP contribution in [0.5, 0.6) is 0 Å². The Hall–Kier alpha value is -1.58. The van der Waals surface area contributed by atoms with Crippen molar-refractivity contribution in [3.63, 3.8) is 0 Å². The third-order valence-electron chi connectivity index (χ3n) is 4.94. The topological polar surface area (TPSA) is 41.6 Å². The van der Waals surface area contributed by atoms with Gasteiger partial charge in [-0.2, -0.15) is 0 Å². The van der Waals surface area contributed by atoms with E-state index in [2.05, 4.69) is 16.8 Å². The maximum absolute atomic E-state index is 13.1. The van der Waals surface area contributed by atoms with E-state index in [1.54, 1.807) is 12.1 Å². The summed E-state index contributed by atoms with van der Waals surface area (Å²) in [6, 6.07) is 6.59. The van der Waals surface area contributed by atoms with Gasteiger partial charge in [-0.05, 0) is 55.9 Å². The molecular weight excluding hydrogens is 253 g/mol. The van der Waals surface area contributed by atoms with Crippen LogP contribution in [0.3, 0.4) is 0 Å². The van der Waals surface area contributed by atoms with Crippen LogP contribution in [0, 0.1) is 11.7 Å². The van der Waals surface area contributed by atoms with Gasteiger partial charge >= 0.3 is 0 Å². The second-order valence-electron chi connectivity index (χ2n) is 6.06. The molecule has 1 aliphatic heterocycles. The SMILES string of the molecule is CCC1CCC2(CC1)CN=C(N)N2c1ccc(F)cc1. The van der Waals surface area contributed by atoms with E-state index in [1.807, 2.05) is 0 Å². The van der Waals surface area contributed by atoms with Crippen LogP contribution < -0.4 is 10.6 Å². The zero-order valence-electron chi connectivity index (χ0n) is 12.0. The van der Waals surface area contributed by atoms with Gasteiger partial charge in [-0.15, -0.1) is 0 Å². The Balaban J connectivity index is 1.87. The third kappa shape index (κ3) is 2.17. The summed E-state index contributed by atoms with van der Waals surface area (Å²) in [6.07, 6.45) is 5.96. The standard InChI is InChI=1S/C16H22FN3/c1-2-12-7-9-16(10-8-12)11-19-15(18)20(16)14-5-3-13(17)4-6-14/h3-6,12H,2,7-11H2,1H3,(H2,18,19). The molecule has 1 saturated carbocycles. The lowest BCUT2D eigenvalue weighted by Gasteiger charge is -2.44. The number of nitrogens with zero attached hydrogens (tertiary/aromatic N) is 2. The number of halogens is 1. The van der Waals surface area contributed by atoms with Crippen molar-refractivity contribution < 1.29 is 4.39 Å². The fourth-order valence-corrected chi connectivity index (χ4v) is 3.61. The largest absolute Gasteiger partial charge is 0.369 e. The number of hydrogen-bond acceptors (Lipinski definition) is 3. The zero-order chi connectivity index (χ0) is 14.2. The van der Waals surface area contributed by atoms with Crippen molar-refractivity contribution in [2.75, 3.05) is 11.4 Å². The maximum atomic E-state index is 13.1. The molecule has 108 valence electrons. The highest BCUT2D eigenvalue weighted by Gasteiger charge is 2.45. The first-order chi connectivity index (χ1) is 9.64. The summed E-state index contributed by atoms with van der Waals surface area (Å²) in [6.45, 7) is 3.03. The molecule has 0 atom stereocenters. The first-order valence-electron chi connectivity index (χ1n) is 7.50. The van der Waals surface area contributed by atoms with Gasteiger partial charge in [-0.3, -0.25) is 4.99 Å². The van der Waals surface area contributed by atoms with E-state index in [0.717, 1.165) is 31.0 Å². The second kappa shape index (κ2) is 5.08. The van der Waals surface area contributed by atoms with Crippen molar-refractivity contribution in [1.82, 2.24) is 0 Å². The van der Waals surface area contributed by atoms with Crippen molar-refractivity contribution in [3.05, 3.63) is 30.1 Å². The average molecular weight is 275 g/mol. The van der Waals surface area contributed by atoms with Crippen molar-refractivity contribution in [3.8, 4) is 0 Å². The Morgan fingerprint density at radius 2 is 1.95 bits per heavy atom. The Kier molecular flexibility index (Phi) is 3.40. The van der Waals surface area contributed by atoms with Crippen LogP contribution >= 0.6 is 0 Å². The molecule has 3 nitrogen and oxygen atoms in total. The van der Waals surface area contributed by atoms with E-state index in [0.29, 0.717) is 5.96 Å². The van der Waals surface area contributed by atoms with Crippen LogP contribution in [0.2, 0.25) is 0 Å². The van der Waals surface area contributed by atoms with Gasteiger partial charge in [0.15, 0.2) is 5.96 Å². The normalized spacial score (nSPS) is 29.8. The lowest BCUT2D eigenvalue weighted by atomic mass is 9.75. The lowest BCUT2D eigenvalue weighted by molar-refractivity contribution is 0.244. The first-order valence-corrected chi connectivity index (χ1v) is 7.50. The molecule has 2 N–H and O–H groups in total. The van der Waals surface area contributed by atoms with E-state index in [1.165, 1.54) is 31.4 Å². The van der Waals surface area contributed by atoms with Crippen molar-refractivity contribution in [2.24, 2.45) is 16.6 Å². The monoisotopic (exact) mass is 275 g/mol. The fourth-order valence-electron chi connectivity index (χ4n) is 3.61. The van der Waals surface area contributed by atoms with Crippen molar-refractivity contribution in [1.29, 1.82) is 0 Å². The Morgan fingerprint density at radius 3 is 2.55 bits per heavy atom. The first kappa shape index (κ1) is 13.4. The van der Waals surface area contributed by atoms with Crippen LogP contribution in [0.25, 0.3) is 0 Å². The smallest absolute Gasteiger partial charge is 0.196 e. The van der Waals surface area contributed by atoms with Crippen LogP contribution in [-0.2, 0) is 0 Å². The molecular formula is C16H22FN3. The summed E-state index contributed by atoms with van der Waals surface area (Å²) in [5.41, 5.74) is 7.08. The molecule has 1 heterocycles. The summed E-state index contributed by atoms with van der Waals surface area (Å²) < 4.78 is 13.1. The summed E-state index contributed by atoms with van der Waals surface area (Å²) >= 11 is 0. The van der Waals surface area contributed by atoms with Crippen LogP contribution in [0.1, 0.15) is 39.0 Å². The van der Waals surface area contributed by atoms with Crippen LogP contribution in [0.4, 0.5) is 10.1 Å². The van der Waals surface area contributed by atoms with Gasteiger partial charge in [0.2, 0.25) is 0 Å². The number of nitrogens with two attached hydrogens (primary N) is 1. The molecule has 0 radical (unpaired) electrons. The van der Waals surface area contributed by atoms with E-state index >= 15 is 0 Å². The van der Waals surface area contributed by atoms with Crippen molar-refractivity contribution >= 4 is 11.6 Å². The number of hydrogen-bond donors (Lipinski definition) is 1. The molecule has 0 unspecified atom stereocenters. The van der Waals surface area contributed by atoms with Gasteiger partial charge in [0.05, 0.1) is 12.1 Å². The molecule has 0 bridgehead atoms. The summed E-state index contributed by atoms with van der Waals surface area (Å²) in [4.78, 5) is 6.61. The van der Waals surface area contributed by atoms with Crippen molar-refractivity contribution in [2.45, 2.75) is 44.6 Å². The van der Waals surface area contributed by atoms with Gasteiger partial charge in [0.25, 0.3) is 0 Å². The van der Waals surface area contributed by atoms with Gasteiger partial charge in [0.1, 0.15) is 5.82 Å². The van der Waals surface area contributed by atoms with Gasteiger partial charge in [-0.1, -0.05) is 13.3 Å². The molecule has 0 amide bonds. The second-order valence-corrected chi connectivity index (χ2v) is 6.06. The predicted octanol–water partition coefficient (Wildman–Crippen LogP) is 3.30. The molecule has 1 fully saturated rings. The molecule has 1 aromatic carbocycles. The minimum absolute atomic E-state index is 0.0214. The molecule has 1 spiro atoms. The van der Waals surface area contributed by atoms with E-state index in [9.17, 15) is 4.39 Å². The highest BCUT2D eigenvalue weighted by atomic mass is 19.1. The molecule has 1 aliphatic carbocycles. The lowest BCUT2D eigenvalue weighted by Crippen LogP contribution is -2.53. The predicted molar refractivity (Wildman–Crippen MR) is 80.3 cm³/mol. The number of rotatable bonds is 2. The third-order valence-corrected chi connectivity index (χ3v) is 4.94. The van der Waals surface area contributed by atoms with E-state index in [-0.39, 0.29) is 11.4 Å². The average Bonchev–Trinajstić information content (AvgIpc) is 2.78. The number of guanidine groups is 1. The minimum Gasteiger partial charge on any atom is -0.369 e. The summed E-state index contributed by atoms with van der Waals surface area (Å²) in [5.74, 6) is 1.19. The summed E-state index contributed by atoms with van der Waals surface area (Å²) in [5, 5.41) is 0. The summed E-state index contributed by atoms with van der Waals surface area (Å²) in [7, 11) is 0. The highest BCUT2D eigenvalue weighted by Crippen LogP contribution is 2.42. The number of anilines is 1. The molecule has 1 aromatic rings. The molecule has 3 rings (SSSR count).